The van der Waals surface area contributed by atoms with Gasteiger partial charge >= 0.3 is 5.97 Å². The molecule has 2 rings (SSSR count). The van der Waals surface area contributed by atoms with Gasteiger partial charge in [-0.05, 0) is 24.6 Å². The van der Waals surface area contributed by atoms with Gasteiger partial charge in [0.25, 0.3) is 5.56 Å². The van der Waals surface area contributed by atoms with E-state index in [0.29, 0.717) is 26.9 Å². The summed E-state index contributed by atoms with van der Waals surface area (Å²) in [5.74, 6) is -0.539. The topological polar surface area (TPSA) is 84.3 Å². The van der Waals surface area contributed by atoms with E-state index in [-0.39, 0.29) is 26.2 Å². The van der Waals surface area contributed by atoms with Crippen molar-refractivity contribution in [3.8, 4) is 0 Å². The number of esters is 1. The van der Waals surface area contributed by atoms with Crippen LogP contribution in [0.15, 0.2) is 23.0 Å². The van der Waals surface area contributed by atoms with Gasteiger partial charge in [-0.2, -0.15) is 0 Å². The highest BCUT2D eigenvalue weighted by atomic mass is 35.5. The molecule has 0 aliphatic heterocycles. The smallest absolute Gasteiger partial charge is 0.327 e. The molecule has 0 unspecified atom stereocenters. The van der Waals surface area contributed by atoms with E-state index in [1.54, 1.807) is 25.1 Å². The molecule has 0 aliphatic rings. The number of ether oxygens (including phenoxy) is 1. The maximum absolute atomic E-state index is 12.4. The predicted octanol–water partition coefficient (Wildman–Crippen LogP) is 2.13. The van der Waals surface area contributed by atoms with Gasteiger partial charge in [0.2, 0.25) is 0 Å². The van der Waals surface area contributed by atoms with Crippen LogP contribution in [0.4, 0.5) is 0 Å². The molecule has 1 heterocycles. The maximum Gasteiger partial charge on any atom is 0.327 e. The van der Waals surface area contributed by atoms with Gasteiger partial charge in [-0.25, -0.2) is 4.68 Å². The minimum Gasteiger partial charge on any atom is -0.465 e. The quantitative estimate of drug-likeness (QED) is 0.774. The molecular weight excluding hydrogens is 343 g/mol. The summed E-state index contributed by atoms with van der Waals surface area (Å²) in [6.07, 6.45) is 0.152. The third-order valence-electron chi connectivity index (χ3n) is 3.30. The van der Waals surface area contributed by atoms with Crippen LogP contribution in [0.2, 0.25) is 10.0 Å². The number of benzene rings is 1. The first-order chi connectivity index (χ1) is 11.0. The number of hydrogen-bond acceptors (Lipinski definition) is 4. The van der Waals surface area contributed by atoms with Crippen LogP contribution in [-0.2, 0) is 29.1 Å². The van der Waals surface area contributed by atoms with Crippen molar-refractivity contribution in [2.75, 3.05) is 6.61 Å². The maximum atomic E-state index is 12.4. The zero-order valence-corrected chi connectivity index (χ0v) is 13.9. The summed E-state index contributed by atoms with van der Waals surface area (Å²) in [4.78, 5) is 24.0. The highest BCUT2D eigenvalue weighted by Gasteiger charge is 2.18. The van der Waals surface area contributed by atoms with Gasteiger partial charge in [-0.3, -0.25) is 14.7 Å². The molecule has 6 nitrogen and oxygen atoms in total. The summed E-state index contributed by atoms with van der Waals surface area (Å²) in [5.41, 5.74) is 0.796. The normalized spacial score (nSPS) is 10.8. The molecule has 0 spiro atoms. The molecule has 2 N–H and O–H groups in total. The Morgan fingerprint density at radius 2 is 1.96 bits per heavy atom. The Labute approximate surface area is 142 Å². The molecule has 0 amide bonds. The number of H-pyrrole nitrogens is 1. The number of halogens is 2. The first-order valence-electron chi connectivity index (χ1n) is 6.97. The summed E-state index contributed by atoms with van der Waals surface area (Å²) >= 11 is 12.2. The van der Waals surface area contributed by atoms with Gasteiger partial charge in [-0.1, -0.05) is 29.3 Å². The van der Waals surface area contributed by atoms with Crippen LogP contribution in [0.5, 0.6) is 0 Å². The molecule has 0 aliphatic carbocycles. The number of carbonyl (C=O) groups is 1. The minimum atomic E-state index is -0.539. The predicted molar refractivity (Wildman–Crippen MR) is 86.9 cm³/mol. The summed E-state index contributed by atoms with van der Waals surface area (Å²) in [6, 6.07) is 5.05. The number of nitrogens with one attached hydrogen (secondary N) is 1. The lowest BCUT2D eigenvalue weighted by molar-refractivity contribution is -0.144. The highest BCUT2D eigenvalue weighted by molar-refractivity contribution is 6.36. The fourth-order valence-electron chi connectivity index (χ4n) is 2.21. The molecule has 0 saturated heterocycles. The van der Waals surface area contributed by atoms with Crippen molar-refractivity contribution < 1.29 is 14.6 Å². The lowest BCUT2D eigenvalue weighted by Gasteiger charge is -2.05. The molecule has 23 heavy (non-hydrogen) atoms. The lowest BCUT2D eigenvalue weighted by Crippen LogP contribution is -2.25. The van der Waals surface area contributed by atoms with Crippen LogP contribution in [0.3, 0.4) is 0 Å². The fourth-order valence-corrected chi connectivity index (χ4v) is 2.74. The van der Waals surface area contributed by atoms with Gasteiger partial charge < -0.3 is 9.84 Å². The van der Waals surface area contributed by atoms with Gasteiger partial charge in [-0.15, -0.1) is 0 Å². The number of aliphatic hydroxyl groups is 1. The Hall–Kier alpha value is -1.76. The zero-order chi connectivity index (χ0) is 17.0. The second-order valence-corrected chi connectivity index (χ2v) is 5.61. The largest absolute Gasteiger partial charge is 0.465 e. The van der Waals surface area contributed by atoms with Crippen molar-refractivity contribution in [3.05, 3.63) is 55.4 Å². The first-order valence-corrected chi connectivity index (χ1v) is 7.73. The van der Waals surface area contributed by atoms with Gasteiger partial charge in [0.1, 0.15) is 6.54 Å². The van der Waals surface area contributed by atoms with Crippen LogP contribution in [-0.4, -0.2) is 27.5 Å². The van der Waals surface area contributed by atoms with Crippen LogP contribution in [0.25, 0.3) is 0 Å². The molecule has 0 radical (unpaired) electrons. The molecule has 0 saturated carbocycles. The SMILES string of the molecule is CCOC(=O)Cn1[nH]c(CO)c(Cc2c(Cl)cccc2Cl)c1=O. The second kappa shape index (κ2) is 7.68. The van der Waals surface area contributed by atoms with E-state index in [9.17, 15) is 14.7 Å². The van der Waals surface area contributed by atoms with Crippen LogP contribution in [0.1, 0.15) is 23.7 Å². The number of aromatic amines is 1. The van der Waals surface area contributed by atoms with E-state index in [4.69, 9.17) is 27.9 Å². The molecule has 0 atom stereocenters. The number of nitrogens with zero attached hydrogens (tertiary/aromatic N) is 1. The lowest BCUT2D eigenvalue weighted by atomic mass is 10.1. The van der Waals surface area contributed by atoms with Gasteiger partial charge in [0, 0.05) is 22.0 Å². The van der Waals surface area contributed by atoms with E-state index in [0.717, 1.165) is 4.68 Å². The van der Waals surface area contributed by atoms with Crippen LogP contribution in [0, 0.1) is 0 Å². The van der Waals surface area contributed by atoms with Gasteiger partial charge in [0.05, 0.1) is 18.9 Å². The molecule has 1 aromatic heterocycles. The summed E-state index contributed by atoms with van der Waals surface area (Å²) in [6.45, 7) is 1.28. The van der Waals surface area contributed by atoms with E-state index in [1.807, 2.05) is 0 Å². The van der Waals surface area contributed by atoms with E-state index in [2.05, 4.69) is 5.10 Å². The molecular formula is C15H16Cl2N2O4. The van der Waals surface area contributed by atoms with Crippen molar-refractivity contribution in [3.63, 3.8) is 0 Å². The number of rotatable bonds is 6. The van der Waals surface area contributed by atoms with Crippen molar-refractivity contribution in [2.45, 2.75) is 26.5 Å². The molecule has 0 fully saturated rings. The number of hydrogen-bond donors (Lipinski definition) is 2. The van der Waals surface area contributed by atoms with E-state index < -0.39 is 11.5 Å². The monoisotopic (exact) mass is 358 g/mol. The second-order valence-electron chi connectivity index (χ2n) is 4.80. The summed E-state index contributed by atoms with van der Waals surface area (Å²) in [5, 5.41) is 13.0. The molecule has 8 heteroatoms. The Kier molecular flexibility index (Phi) is 5.87. The Bertz CT molecular complexity index is 747. The molecule has 0 bridgehead atoms. The number of aliphatic hydroxyl groups excluding tert-OH is 1. The van der Waals surface area contributed by atoms with Crippen LogP contribution >= 0.6 is 23.2 Å². The third-order valence-corrected chi connectivity index (χ3v) is 4.01. The number of aromatic nitrogens is 2. The van der Waals surface area contributed by atoms with Crippen molar-refractivity contribution >= 4 is 29.2 Å². The van der Waals surface area contributed by atoms with Crippen molar-refractivity contribution in [2.24, 2.45) is 0 Å². The first kappa shape index (κ1) is 17.6. The number of carbonyl (C=O) groups excluding carboxylic acids is 1. The van der Waals surface area contributed by atoms with Crippen LogP contribution < -0.4 is 5.56 Å². The molecule has 2 aromatic rings. The van der Waals surface area contributed by atoms with E-state index >= 15 is 0 Å². The average molecular weight is 359 g/mol. The highest BCUT2D eigenvalue weighted by Crippen LogP contribution is 2.26. The van der Waals surface area contributed by atoms with Crippen molar-refractivity contribution in [1.82, 2.24) is 9.78 Å². The average Bonchev–Trinajstić information content (AvgIpc) is 2.79. The summed E-state index contributed by atoms with van der Waals surface area (Å²) < 4.78 is 5.92. The Morgan fingerprint density at radius 3 is 2.52 bits per heavy atom. The third kappa shape index (κ3) is 3.96. The molecule has 124 valence electrons. The van der Waals surface area contributed by atoms with Gasteiger partial charge in [0.15, 0.2) is 0 Å². The van der Waals surface area contributed by atoms with Crippen molar-refractivity contribution in [1.29, 1.82) is 0 Å². The molecule has 1 aromatic carbocycles. The standard InChI is InChI=1S/C15H16Cl2N2O4/c1-2-23-14(21)7-19-15(22)10(13(8-20)18-19)6-9-11(16)4-3-5-12(9)17/h3-5,18,20H,2,6-8H2,1H3. The zero-order valence-electron chi connectivity index (χ0n) is 12.4. The minimum absolute atomic E-state index is 0.152. The Balaban J connectivity index is 2.37. The fraction of sp³-hybridized carbons (Fsp3) is 0.333. The van der Waals surface area contributed by atoms with E-state index in [1.165, 1.54) is 0 Å². The Morgan fingerprint density at radius 1 is 1.30 bits per heavy atom. The summed E-state index contributed by atoms with van der Waals surface area (Å²) in [7, 11) is 0.